The van der Waals surface area contributed by atoms with Crippen LogP contribution in [0.2, 0.25) is 5.02 Å². The Labute approximate surface area is 193 Å². The monoisotopic (exact) mass is 485 g/mol. The number of nitrogens with zero attached hydrogens (tertiary/aromatic N) is 3. The third-order valence-electron chi connectivity index (χ3n) is 5.81. The molecule has 3 heterocycles. The Balaban J connectivity index is 1.72. The smallest absolute Gasteiger partial charge is 0.263 e. The van der Waals surface area contributed by atoms with E-state index in [1.807, 2.05) is 0 Å². The molecular formula is C23H14ClF2N3O3S. The van der Waals surface area contributed by atoms with E-state index in [0.29, 0.717) is 26.2 Å². The van der Waals surface area contributed by atoms with E-state index in [-0.39, 0.29) is 40.0 Å². The van der Waals surface area contributed by atoms with Crippen LogP contribution in [-0.4, -0.2) is 19.6 Å². The van der Waals surface area contributed by atoms with Crippen LogP contribution in [-0.2, 0) is 6.54 Å². The maximum Gasteiger partial charge on any atom is 0.263 e. The predicted octanol–water partition coefficient (Wildman–Crippen LogP) is 5.83. The summed E-state index contributed by atoms with van der Waals surface area (Å²) in [7, 11) is 0. The van der Waals surface area contributed by atoms with Gasteiger partial charge < -0.3 is 9.52 Å². The van der Waals surface area contributed by atoms with E-state index in [9.17, 15) is 14.3 Å². The number of oxazole rings is 1. The second-order valence-corrected chi connectivity index (χ2v) is 9.38. The number of halogens is 3. The SMILES string of the molecule is O=c1c2c(nc(-c3c(F)cc(F)cc3C3CC3)n1Cc1cnco1)sc1c(O)c(Cl)ccc12. The van der Waals surface area contributed by atoms with Crippen molar-refractivity contribution in [2.45, 2.75) is 25.3 Å². The summed E-state index contributed by atoms with van der Waals surface area (Å²) in [6.07, 6.45) is 4.31. The van der Waals surface area contributed by atoms with Gasteiger partial charge in [-0.25, -0.2) is 18.7 Å². The average Bonchev–Trinajstić information content (AvgIpc) is 3.36. The summed E-state index contributed by atoms with van der Waals surface area (Å²) in [6, 6.07) is 5.25. The van der Waals surface area contributed by atoms with Crippen LogP contribution in [0.25, 0.3) is 31.7 Å². The fourth-order valence-corrected chi connectivity index (χ4v) is 5.47. The summed E-state index contributed by atoms with van der Waals surface area (Å²) in [5, 5.41) is 11.4. The Bertz CT molecular complexity index is 1620. The van der Waals surface area contributed by atoms with Gasteiger partial charge in [0.05, 0.1) is 33.4 Å². The third kappa shape index (κ3) is 3.22. The van der Waals surface area contributed by atoms with Crippen LogP contribution in [0.3, 0.4) is 0 Å². The summed E-state index contributed by atoms with van der Waals surface area (Å²) < 4.78 is 36.3. The highest BCUT2D eigenvalue weighted by Crippen LogP contribution is 2.46. The summed E-state index contributed by atoms with van der Waals surface area (Å²) in [5.41, 5.74) is 0.138. The van der Waals surface area contributed by atoms with Crippen LogP contribution >= 0.6 is 22.9 Å². The maximum absolute atomic E-state index is 15.2. The van der Waals surface area contributed by atoms with Crippen molar-refractivity contribution in [3.05, 3.63) is 75.2 Å². The third-order valence-corrected chi connectivity index (χ3v) is 7.22. The molecule has 3 aromatic heterocycles. The molecule has 1 saturated carbocycles. The van der Waals surface area contributed by atoms with Crippen LogP contribution in [0.5, 0.6) is 5.75 Å². The van der Waals surface area contributed by atoms with Crippen molar-refractivity contribution in [2.75, 3.05) is 0 Å². The lowest BCUT2D eigenvalue weighted by Gasteiger charge is -2.15. The molecule has 10 heteroatoms. The number of rotatable bonds is 4. The van der Waals surface area contributed by atoms with Gasteiger partial charge in [-0.15, -0.1) is 11.3 Å². The molecule has 0 saturated heterocycles. The van der Waals surface area contributed by atoms with Crippen molar-refractivity contribution < 1.29 is 18.3 Å². The van der Waals surface area contributed by atoms with Gasteiger partial charge in [-0.2, -0.15) is 0 Å². The molecule has 0 amide bonds. The lowest BCUT2D eigenvalue weighted by molar-refractivity contribution is 0.482. The quantitative estimate of drug-likeness (QED) is 0.346. The normalized spacial score (nSPS) is 13.9. The lowest BCUT2D eigenvalue weighted by Crippen LogP contribution is -2.24. The number of hydrogen-bond acceptors (Lipinski definition) is 6. The Hall–Kier alpha value is -3.30. The molecule has 2 aromatic carbocycles. The summed E-state index contributed by atoms with van der Waals surface area (Å²) >= 11 is 7.14. The van der Waals surface area contributed by atoms with Crippen LogP contribution in [0, 0.1) is 11.6 Å². The first kappa shape index (κ1) is 20.3. The summed E-state index contributed by atoms with van der Waals surface area (Å²) in [4.78, 5) is 22.6. The van der Waals surface area contributed by atoms with E-state index in [2.05, 4.69) is 9.97 Å². The van der Waals surface area contributed by atoms with Crippen molar-refractivity contribution in [3.8, 4) is 17.1 Å². The largest absolute Gasteiger partial charge is 0.505 e. The minimum absolute atomic E-state index is 0.00166. The predicted molar refractivity (Wildman–Crippen MR) is 121 cm³/mol. The van der Waals surface area contributed by atoms with E-state index >= 15 is 4.39 Å². The minimum atomic E-state index is -0.790. The van der Waals surface area contributed by atoms with Gasteiger partial charge in [0.15, 0.2) is 12.1 Å². The molecule has 1 aliphatic rings. The molecule has 0 aliphatic heterocycles. The number of aromatic nitrogens is 3. The zero-order chi connectivity index (χ0) is 22.9. The topological polar surface area (TPSA) is 81.2 Å². The van der Waals surface area contributed by atoms with Crippen LogP contribution in [0.4, 0.5) is 8.78 Å². The number of aromatic hydroxyl groups is 1. The first-order chi connectivity index (χ1) is 15.9. The Kier molecular flexibility index (Phi) is 4.53. The first-order valence-corrected chi connectivity index (χ1v) is 11.3. The molecule has 33 heavy (non-hydrogen) atoms. The van der Waals surface area contributed by atoms with Crippen molar-refractivity contribution in [2.24, 2.45) is 0 Å². The van der Waals surface area contributed by atoms with Gasteiger partial charge in [0, 0.05) is 11.5 Å². The second kappa shape index (κ2) is 7.36. The molecule has 0 atom stereocenters. The average molecular weight is 486 g/mol. The molecule has 1 fully saturated rings. The standard InChI is InChI=1S/C23H14ClF2N3O3S/c24-15-4-3-13-18-22(33-20(13)19(15)30)28-21(29(23(18)31)8-12-7-27-9-32-12)17-14(10-1-2-10)5-11(25)6-16(17)26/h3-7,9-10,30H,1-2,8H2. The van der Waals surface area contributed by atoms with Crippen molar-refractivity contribution in [1.82, 2.24) is 14.5 Å². The molecule has 0 bridgehead atoms. The van der Waals surface area contributed by atoms with Gasteiger partial charge in [-0.3, -0.25) is 9.36 Å². The molecule has 1 aliphatic carbocycles. The summed E-state index contributed by atoms with van der Waals surface area (Å²) in [6.45, 7) is -0.0467. The molecule has 6 nitrogen and oxygen atoms in total. The molecule has 1 N–H and O–H groups in total. The minimum Gasteiger partial charge on any atom is -0.505 e. The Morgan fingerprint density at radius 3 is 2.82 bits per heavy atom. The molecule has 0 radical (unpaired) electrons. The zero-order valence-corrected chi connectivity index (χ0v) is 18.4. The van der Waals surface area contributed by atoms with E-state index < -0.39 is 17.2 Å². The van der Waals surface area contributed by atoms with Gasteiger partial charge in [0.1, 0.15) is 28.0 Å². The van der Waals surface area contributed by atoms with Crippen molar-refractivity contribution in [3.63, 3.8) is 0 Å². The molecule has 166 valence electrons. The Morgan fingerprint density at radius 1 is 1.27 bits per heavy atom. The number of phenols is 1. The van der Waals surface area contributed by atoms with Crippen LogP contribution in [0.15, 0.2) is 46.1 Å². The second-order valence-electron chi connectivity index (χ2n) is 7.98. The fraction of sp³-hybridized carbons (Fsp3) is 0.174. The number of fused-ring (bicyclic) bond motifs is 3. The van der Waals surface area contributed by atoms with E-state index in [1.165, 1.54) is 29.3 Å². The number of thiophene rings is 1. The van der Waals surface area contributed by atoms with E-state index in [4.69, 9.17) is 16.0 Å². The van der Waals surface area contributed by atoms with Gasteiger partial charge in [0.2, 0.25) is 0 Å². The molecular weight excluding hydrogens is 472 g/mol. The van der Waals surface area contributed by atoms with E-state index in [1.54, 1.807) is 6.07 Å². The van der Waals surface area contributed by atoms with Crippen molar-refractivity contribution in [1.29, 1.82) is 0 Å². The fourth-order valence-electron chi connectivity index (χ4n) is 4.14. The highest BCUT2D eigenvalue weighted by Gasteiger charge is 2.31. The van der Waals surface area contributed by atoms with Crippen molar-refractivity contribution >= 4 is 43.2 Å². The lowest BCUT2D eigenvalue weighted by atomic mass is 10.0. The van der Waals surface area contributed by atoms with Crippen LogP contribution < -0.4 is 5.56 Å². The number of benzene rings is 2. The Morgan fingerprint density at radius 2 is 2.09 bits per heavy atom. The molecule has 0 unspecified atom stereocenters. The highest BCUT2D eigenvalue weighted by molar-refractivity contribution is 7.25. The molecule has 6 rings (SSSR count). The number of hydrogen-bond donors (Lipinski definition) is 1. The van der Waals surface area contributed by atoms with Crippen LogP contribution in [0.1, 0.15) is 30.1 Å². The maximum atomic E-state index is 15.2. The van der Waals surface area contributed by atoms with Gasteiger partial charge in [-0.05, 0) is 36.5 Å². The molecule has 0 spiro atoms. The first-order valence-electron chi connectivity index (χ1n) is 10.1. The van der Waals surface area contributed by atoms with Gasteiger partial charge >= 0.3 is 0 Å². The highest BCUT2D eigenvalue weighted by atomic mass is 35.5. The van der Waals surface area contributed by atoms with Gasteiger partial charge in [0.25, 0.3) is 5.56 Å². The molecule has 5 aromatic rings. The van der Waals surface area contributed by atoms with Gasteiger partial charge in [-0.1, -0.05) is 17.7 Å². The van der Waals surface area contributed by atoms with E-state index in [0.717, 1.165) is 30.2 Å². The number of phenolic OH excluding ortho intramolecular Hbond substituents is 1. The zero-order valence-electron chi connectivity index (χ0n) is 16.8. The summed E-state index contributed by atoms with van der Waals surface area (Å²) in [5.74, 6) is -1.17.